The summed E-state index contributed by atoms with van der Waals surface area (Å²) in [7, 11) is 0. The molecular formula is C13H5F5N2. The summed E-state index contributed by atoms with van der Waals surface area (Å²) in [6.45, 7) is 0. The van der Waals surface area contributed by atoms with E-state index in [1.807, 2.05) is 5.32 Å². The predicted octanol–water partition coefficient (Wildman–Crippen LogP) is 4.00. The molecule has 0 aliphatic carbocycles. The Morgan fingerprint density at radius 1 is 0.750 bits per heavy atom. The highest BCUT2D eigenvalue weighted by atomic mass is 19.2. The monoisotopic (exact) mass is 284 g/mol. The highest BCUT2D eigenvalue weighted by Gasteiger charge is 2.17. The van der Waals surface area contributed by atoms with Crippen LogP contribution in [0.5, 0.6) is 0 Å². The molecule has 2 nitrogen and oxygen atoms in total. The lowest BCUT2D eigenvalue weighted by atomic mass is 10.2. The van der Waals surface area contributed by atoms with E-state index < -0.39 is 40.5 Å². The highest BCUT2D eigenvalue weighted by Crippen LogP contribution is 2.28. The molecule has 1 N–H and O–H groups in total. The lowest BCUT2D eigenvalue weighted by Crippen LogP contribution is -2.03. The molecule has 0 aliphatic rings. The Balaban J connectivity index is 2.49. The van der Waals surface area contributed by atoms with Crippen LogP contribution in [0.15, 0.2) is 24.3 Å². The standard InChI is InChI=1S/C13H5F5N2/c14-7-3-10(17)13(11(18)4-7)20-12-8(15)1-6(5-19)2-9(12)16/h1-4,20H. The summed E-state index contributed by atoms with van der Waals surface area (Å²) in [6, 6.07) is 3.65. The second-order valence-electron chi connectivity index (χ2n) is 3.80. The van der Waals surface area contributed by atoms with Gasteiger partial charge in [-0.25, -0.2) is 22.0 Å². The second kappa shape index (κ2) is 5.17. The average Bonchev–Trinajstić information content (AvgIpc) is 2.35. The molecular weight excluding hydrogens is 279 g/mol. The molecule has 0 spiro atoms. The van der Waals surface area contributed by atoms with E-state index in [0.29, 0.717) is 24.3 Å². The summed E-state index contributed by atoms with van der Waals surface area (Å²) in [5.74, 6) is -6.25. The number of rotatable bonds is 2. The van der Waals surface area contributed by atoms with Gasteiger partial charge in [0.2, 0.25) is 0 Å². The molecule has 0 saturated carbocycles. The van der Waals surface area contributed by atoms with Crippen LogP contribution in [-0.2, 0) is 0 Å². The number of hydrogen-bond donors (Lipinski definition) is 1. The number of anilines is 2. The minimum atomic E-state index is -1.34. The van der Waals surface area contributed by atoms with Crippen LogP contribution in [0.1, 0.15) is 5.56 Å². The van der Waals surface area contributed by atoms with Gasteiger partial charge in [-0.05, 0) is 12.1 Å². The van der Waals surface area contributed by atoms with Crippen LogP contribution in [0.4, 0.5) is 33.3 Å². The largest absolute Gasteiger partial charge is 0.346 e. The lowest BCUT2D eigenvalue weighted by molar-refractivity contribution is 0.547. The van der Waals surface area contributed by atoms with Crippen molar-refractivity contribution >= 4 is 11.4 Å². The Labute approximate surface area is 110 Å². The zero-order valence-electron chi connectivity index (χ0n) is 9.65. The third-order valence-corrected chi connectivity index (χ3v) is 2.43. The third-order valence-electron chi connectivity index (χ3n) is 2.43. The van der Waals surface area contributed by atoms with E-state index in [9.17, 15) is 22.0 Å². The van der Waals surface area contributed by atoms with Crippen molar-refractivity contribution in [3.8, 4) is 6.07 Å². The molecule has 102 valence electrons. The maximum Gasteiger partial charge on any atom is 0.152 e. The van der Waals surface area contributed by atoms with Crippen LogP contribution in [0, 0.1) is 40.4 Å². The van der Waals surface area contributed by atoms with Gasteiger partial charge in [0.25, 0.3) is 0 Å². The molecule has 2 aromatic carbocycles. The molecule has 0 aromatic heterocycles. The first-order chi connectivity index (χ1) is 9.42. The summed E-state index contributed by atoms with van der Waals surface area (Å²) in [4.78, 5) is 0. The van der Waals surface area contributed by atoms with E-state index in [-0.39, 0.29) is 5.56 Å². The van der Waals surface area contributed by atoms with Crippen molar-refractivity contribution < 1.29 is 22.0 Å². The van der Waals surface area contributed by atoms with Crippen molar-refractivity contribution in [2.24, 2.45) is 0 Å². The highest BCUT2D eigenvalue weighted by molar-refractivity contribution is 5.63. The lowest BCUT2D eigenvalue weighted by Gasteiger charge is -2.11. The second-order valence-corrected chi connectivity index (χ2v) is 3.80. The van der Waals surface area contributed by atoms with Gasteiger partial charge in [-0.15, -0.1) is 0 Å². The molecule has 0 aliphatic heterocycles. The van der Waals surface area contributed by atoms with Gasteiger partial charge in [-0.1, -0.05) is 0 Å². The van der Waals surface area contributed by atoms with Gasteiger partial charge in [-0.3, -0.25) is 0 Å². The van der Waals surface area contributed by atoms with E-state index in [0.717, 1.165) is 0 Å². The fraction of sp³-hybridized carbons (Fsp3) is 0. The molecule has 0 amide bonds. The molecule has 0 bridgehead atoms. The average molecular weight is 284 g/mol. The van der Waals surface area contributed by atoms with E-state index in [1.165, 1.54) is 6.07 Å². The minimum absolute atomic E-state index is 0.286. The summed E-state index contributed by atoms with van der Waals surface area (Å²) in [5, 5.41) is 10.4. The van der Waals surface area contributed by atoms with Gasteiger partial charge in [0.05, 0.1) is 11.6 Å². The summed E-state index contributed by atoms with van der Waals surface area (Å²) >= 11 is 0. The van der Waals surface area contributed by atoms with Crippen molar-refractivity contribution in [2.45, 2.75) is 0 Å². The Morgan fingerprint density at radius 3 is 1.55 bits per heavy atom. The van der Waals surface area contributed by atoms with Gasteiger partial charge in [0.15, 0.2) is 23.3 Å². The van der Waals surface area contributed by atoms with Crippen LogP contribution in [0.25, 0.3) is 0 Å². The van der Waals surface area contributed by atoms with Crippen LogP contribution < -0.4 is 5.32 Å². The third kappa shape index (κ3) is 2.54. The SMILES string of the molecule is N#Cc1cc(F)c(Nc2c(F)cc(F)cc2F)c(F)c1. The van der Waals surface area contributed by atoms with Gasteiger partial charge in [0.1, 0.15) is 17.2 Å². The molecule has 2 rings (SSSR count). The Morgan fingerprint density at radius 2 is 1.15 bits per heavy atom. The number of nitrogens with zero attached hydrogens (tertiary/aromatic N) is 1. The fourth-order valence-corrected chi connectivity index (χ4v) is 1.54. The van der Waals surface area contributed by atoms with Crippen LogP contribution >= 0.6 is 0 Å². The van der Waals surface area contributed by atoms with Crippen molar-refractivity contribution in [3.05, 3.63) is 58.9 Å². The zero-order chi connectivity index (χ0) is 14.9. The van der Waals surface area contributed by atoms with Crippen molar-refractivity contribution in [3.63, 3.8) is 0 Å². The Bertz CT molecular complexity index is 675. The Hall–Kier alpha value is -2.62. The van der Waals surface area contributed by atoms with E-state index in [1.54, 1.807) is 0 Å². The molecule has 2 aromatic rings. The summed E-state index contributed by atoms with van der Waals surface area (Å²) in [6.07, 6.45) is 0. The van der Waals surface area contributed by atoms with Crippen molar-refractivity contribution in [2.75, 3.05) is 5.32 Å². The molecule has 0 saturated heterocycles. The summed E-state index contributed by atoms with van der Waals surface area (Å²) < 4.78 is 66.6. The molecule has 0 unspecified atom stereocenters. The number of benzene rings is 2. The topological polar surface area (TPSA) is 35.8 Å². The first kappa shape index (κ1) is 13.8. The first-order valence-corrected chi connectivity index (χ1v) is 5.23. The maximum atomic E-state index is 13.6. The van der Waals surface area contributed by atoms with Gasteiger partial charge in [-0.2, -0.15) is 5.26 Å². The van der Waals surface area contributed by atoms with Crippen molar-refractivity contribution in [1.29, 1.82) is 5.26 Å². The number of nitrogens with one attached hydrogen (secondary N) is 1. The van der Waals surface area contributed by atoms with E-state index in [2.05, 4.69) is 0 Å². The smallest absolute Gasteiger partial charge is 0.152 e. The minimum Gasteiger partial charge on any atom is -0.346 e. The quantitative estimate of drug-likeness (QED) is 0.846. The van der Waals surface area contributed by atoms with Gasteiger partial charge < -0.3 is 5.32 Å². The normalized spacial score (nSPS) is 10.2. The fourth-order valence-electron chi connectivity index (χ4n) is 1.54. The number of hydrogen-bond acceptors (Lipinski definition) is 2. The Kier molecular flexibility index (Phi) is 3.57. The predicted molar refractivity (Wildman–Crippen MR) is 60.7 cm³/mol. The molecule has 0 fully saturated rings. The molecule has 20 heavy (non-hydrogen) atoms. The van der Waals surface area contributed by atoms with Crippen molar-refractivity contribution in [1.82, 2.24) is 0 Å². The zero-order valence-corrected chi connectivity index (χ0v) is 9.65. The molecule has 7 heteroatoms. The van der Waals surface area contributed by atoms with Crippen LogP contribution in [-0.4, -0.2) is 0 Å². The molecule has 0 atom stereocenters. The first-order valence-electron chi connectivity index (χ1n) is 5.23. The van der Waals surface area contributed by atoms with Gasteiger partial charge >= 0.3 is 0 Å². The van der Waals surface area contributed by atoms with E-state index >= 15 is 0 Å². The number of nitriles is 1. The number of halogens is 5. The molecule has 0 radical (unpaired) electrons. The maximum absolute atomic E-state index is 13.6. The van der Waals surface area contributed by atoms with Crippen LogP contribution in [0.3, 0.4) is 0 Å². The van der Waals surface area contributed by atoms with Gasteiger partial charge in [0, 0.05) is 12.1 Å². The van der Waals surface area contributed by atoms with Crippen LogP contribution in [0.2, 0.25) is 0 Å². The molecule has 0 heterocycles. The summed E-state index contributed by atoms with van der Waals surface area (Å²) in [5.41, 5.74) is -2.02. The van der Waals surface area contributed by atoms with E-state index in [4.69, 9.17) is 5.26 Å².